The molecule has 0 N–H and O–H groups in total. The lowest BCUT2D eigenvalue weighted by Crippen LogP contribution is -2.31. The molecule has 2 aromatic heterocycles. The molecule has 0 radical (unpaired) electrons. The van der Waals surface area contributed by atoms with Gasteiger partial charge in [-0.2, -0.15) is 0 Å². The first-order valence-corrected chi connectivity index (χ1v) is 8.54. The summed E-state index contributed by atoms with van der Waals surface area (Å²) in [4.78, 5) is 23.6. The fourth-order valence-electron chi connectivity index (χ4n) is 2.88. The normalized spacial score (nSPS) is 10.7. The number of rotatable bonds is 4. The van der Waals surface area contributed by atoms with Gasteiger partial charge >= 0.3 is 0 Å². The zero-order valence-electron chi connectivity index (χ0n) is 14.4. The first kappa shape index (κ1) is 16.8. The smallest absolute Gasteiger partial charge is 0.277 e. The van der Waals surface area contributed by atoms with E-state index in [1.165, 1.54) is 12.1 Å². The van der Waals surface area contributed by atoms with Gasteiger partial charge in [-0.3, -0.25) is 9.78 Å². The second-order valence-electron chi connectivity index (χ2n) is 6.08. The number of fused-ring (bicyclic) bond motifs is 1. The maximum Gasteiger partial charge on any atom is 0.277 e. The number of anilines is 1. The van der Waals surface area contributed by atoms with Crippen molar-refractivity contribution in [3.63, 3.8) is 0 Å². The summed E-state index contributed by atoms with van der Waals surface area (Å²) in [6.07, 6.45) is 1.68. The molecule has 0 aliphatic carbocycles. The van der Waals surface area contributed by atoms with Crippen molar-refractivity contribution in [2.24, 2.45) is 0 Å². The molecule has 4 nitrogen and oxygen atoms in total. The molecule has 0 aliphatic rings. The lowest BCUT2D eigenvalue weighted by Gasteiger charge is -2.22. The Morgan fingerprint density at radius 3 is 2.44 bits per heavy atom. The number of benzene rings is 2. The van der Waals surface area contributed by atoms with Gasteiger partial charge in [-0.15, -0.1) is 0 Å². The highest BCUT2D eigenvalue weighted by molar-refractivity contribution is 6.05. The summed E-state index contributed by atoms with van der Waals surface area (Å²) in [5.74, 6) is -0.620. The SMILES string of the molecule is O=C(c1ccc2ccccc2n1)N(Cc1ccccn1)c1ccc(F)cc1. The van der Waals surface area contributed by atoms with Gasteiger partial charge in [0.2, 0.25) is 0 Å². The Morgan fingerprint density at radius 2 is 1.67 bits per heavy atom. The van der Waals surface area contributed by atoms with E-state index in [4.69, 9.17) is 0 Å². The molecule has 132 valence electrons. The molecule has 2 heterocycles. The highest BCUT2D eigenvalue weighted by Gasteiger charge is 2.20. The third-order valence-electron chi connectivity index (χ3n) is 4.25. The molecule has 0 unspecified atom stereocenters. The lowest BCUT2D eigenvalue weighted by atomic mass is 10.2. The summed E-state index contributed by atoms with van der Waals surface area (Å²) in [6.45, 7) is 0.264. The van der Waals surface area contributed by atoms with Crippen LogP contribution >= 0.6 is 0 Å². The van der Waals surface area contributed by atoms with Gasteiger partial charge in [-0.05, 0) is 48.5 Å². The van der Waals surface area contributed by atoms with Crippen molar-refractivity contribution < 1.29 is 9.18 Å². The van der Waals surface area contributed by atoms with E-state index in [1.54, 1.807) is 29.3 Å². The molecule has 0 fully saturated rings. The van der Waals surface area contributed by atoms with Gasteiger partial charge in [0.1, 0.15) is 11.5 Å². The standard InChI is InChI=1S/C22H16FN3O/c23-17-9-11-19(12-10-17)26(15-18-6-3-4-14-24-18)22(27)21-13-8-16-5-1-2-7-20(16)25-21/h1-14H,15H2. The Balaban J connectivity index is 1.73. The molecule has 0 aliphatic heterocycles. The Morgan fingerprint density at radius 1 is 0.889 bits per heavy atom. The van der Waals surface area contributed by atoms with Gasteiger partial charge < -0.3 is 4.90 Å². The van der Waals surface area contributed by atoms with E-state index in [1.807, 2.05) is 48.5 Å². The number of nitrogens with zero attached hydrogens (tertiary/aromatic N) is 3. The molecule has 4 aromatic rings. The van der Waals surface area contributed by atoms with Crippen LogP contribution in [0.15, 0.2) is 85.1 Å². The van der Waals surface area contributed by atoms with Crippen molar-refractivity contribution in [1.29, 1.82) is 0 Å². The van der Waals surface area contributed by atoms with E-state index in [0.717, 1.165) is 16.6 Å². The number of halogens is 1. The highest BCUT2D eigenvalue weighted by atomic mass is 19.1. The molecule has 4 rings (SSSR count). The number of pyridine rings is 2. The summed E-state index contributed by atoms with van der Waals surface area (Å²) in [5.41, 5.74) is 2.40. The molecular formula is C22H16FN3O. The number of amides is 1. The van der Waals surface area contributed by atoms with Crippen molar-refractivity contribution in [3.05, 3.63) is 102 Å². The van der Waals surface area contributed by atoms with Crippen LogP contribution in [0.5, 0.6) is 0 Å². The highest BCUT2D eigenvalue weighted by Crippen LogP contribution is 2.21. The van der Waals surface area contributed by atoms with Gasteiger partial charge in [-0.1, -0.05) is 30.3 Å². The van der Waals surface area contributed by atoms with Crippen molar-refractivity contribution in [2.75, 3.05) is 4.90 Å². The summed E-state index contributed by atoms with van der Waals surface area (Å²) in [5, 5.41) is 0.965. The number of hydrogen-bond acceptors (Lipinski definition) is 3. The first-order chi connectivity index (χ1) is 13.2. The summed E-state index contributed by atoms with van der Waals surface area (Å²) in [7, 11) is 0. The largest absolute Gasteiger partial charge is 0.301 e. The Bertz CT molecular complexity index is 1080. The number of aromatic nitrogens is 2. The maximum atomic E-state index is 13.3. The number of para-hydroxylation sites is 1. The Kier molecular flexibility index (Phi) is 4.58. The molecule has 0 bridgehead atoms. The second-order valence-corrected chi connectivity index (χ2v) is 6.08. The molecule has 0 saturated heterocycles. The minimum Gasteiger partial charge on any atom is -0.301 e. The van der Waals surface area contributed by atoms with E-state index in [-0.39, 0.29) is 18.3 Å². The van der Waals surface area contributed by atoms with Crippen LogP contribution in [0.1, 0.15) is 16.2 Å². The third kappa shape index (κ3) is 3.67. The molecular weight excluding hydrogens is 341 g/mol. The van der Waals surface area contributed by atoms with Crippen LogP contribution in [0, 0.1) is 5.82 Å². The predicted molar refractivity (Wildman–Crippen MR) is 103 cm³/mol. The fraction of sp³-hybridized carbons (Fsp3) is 0.0455. The topological polar surface area (TPSA) is 46.1 Å². The van der Waals surface area contributed by atoms with Crippen LogP contribution in [0.4, 0.5) is 10.1 Å². The summed E-state index contributed by atoms with van der Waals surface area (Å²) in [6, 6.07) is 22.6. The molecule has 0 spiro atoms. The van der Waals surface area contributed by atoms with Crippen molar-refractivity contribution >= 4 is 22.5 Å². The monoisotopic (exact) mass is 357 g/mol. The minimum atomic E-state index is -0.354. The van der Waals surface area contributed by atoms with Crippen LogP contribution in [0.2, 0.25) is 0 Å². The maximum absolute atomic E-state index is 13.3. The van der Waals surface area contributed by atoms with Gasteiger partial charge in [0, 0.05) is 17.3 Å². The molecule has 0 atom stereocenters. The summed E-state index contributed by atoms with van der Waals surface area (Å²) >= 11 is 0. The second kappa shape index (κ2) is 7.33. The Hall–Kier alpha value is -3.60. The van der Waals surface area contributed by atoms with Crippen LogP contribution in [-0.2, 0) is 6.54 Å². The minimum absolute atomic E-state index is 0.264. The van der Waals surface area contributed by atoms with Gasteiger partial charge in [0.05, 0.1) is 17.8 Å². The van der Waals surface area contributed by atoms with Gasteiger partial charge in [0.25, 0.3) is 5.91 Å². The van der Waals surface area contributed by atoms with E-state index < -0.39 is 0 Å². The van der Waals surface area contributed by atoms with E-state index in [9.17, 15) is 9.18 Å². The number of carbonyl (C=O) groups is 1. The zero-order chi connectivity index (χ0) is 18.6. The van der Waals surface area contributed by atoms with Crippen molar-refractivity contribution in [3.8, 4) is 0 Å². The quantitative estimate of drug-likeness (QED) is 0.535. The molecule has 27 heavy (non-hydrogen) atoms. The number of carbonyl (C=O) groups excluding carboxylic acids is 1. The molecule has 5 heteroatoms. The van der Waals surface area contributed by atoms with Gasteiger partial charge in [-0.25, -0.2) is 9.37 Å². The van der Waals surface area contributed by atoms with Crippen LogP contribution in [0.25, 0.3) is 10.9 Å². The predicted octanol–water partition coefficient (Wildman–Crippen LogP) is 4.62. The fourth-order valence-corrected chi connectivity index (χ4v) is 2.88. The van der Waals surface area contributed by atoms with Crippen molar-refractivity contribution in [2.45, 2.75) is 6.54 Å². The average Bonchev–Trinajstić information content (AvgIpc) is 2.73. The molecule has 1 amide bonds. The zero-order valence-corrected chi connectivity index (χ0v) is 14.4. The molecule has 2 aromatic carbocycles. The first-order valence-electron chi connectivity index (χ1n) is 8.54. The van der Waals surface area contributed by atoms with E-state index in [2.05, 4.69) is 9.97 Å². The van der Waals surface area contributed by atoms with Crippen LogP contribution in [0.3, 0.4) is 0 Å². The summed E-state index contributed by atoms with van der Waals surface area (Å²) < 4.78 is 13.3. The lowest BCUT2D eigenvalue weighted by molar-refractivity contribution is 0.0980. The van der Waals surface area contributed by atoms with Crippen LogP contribution < -0.4 is 4.90 Å². The Labute approximate surface area is 155 Å². The average molecular weight is 357 g/mol. The van der Waals surface area contributed by atoms with E-state index in [0.29, 0.717) is 11.4 Å². The third-order valence-corrected chi connectivity index (χ3v) is 4.25. The van der Waals surface area contributed by atoms with E-state index >= 15 is 0 Å². The van der Waals surface area contributed by atoms with Gasteiger partial charge in [0.15, 0.2) is 0 Å². The van der Waals surface area contributed by atoms with Crippen molar-refractivity contribution in [1.82, 2.24) is 9.97 Å². The molecule has 0 saturated carbocycles. The number of hydrogen-bond donors (Lipinski definition) is 0. The van der Waals surface area contributed by atoms with Crippen LogP contribution in [-0.4, -0.2) is 15.9 Å².